The third-order valence-electron chi connectivity index (χ3n) is 4.53. The molecule has 1 aliphatic rings. The number of carbonyl (C=O) groups excluding carboxylic acids is 2. The molecule has 2 aromatic heterocycles. The van der Waals surface area contributed by atoms with Crippen molar-refractivity contribution in [3.63, 3.8) is 0 Å². The van der Waals surface area contributed by atoms with Gasteiger partial charge in [-0.3, -0.25) is 9.59 Å². The molecule has 0 saturated carbocycles. The maximum atomic E-state index is 12.5. The van der Waals surface area contributed by atoms with Gasteiger partial charge < -0.3 is 15.4 Å². The number of carbonyl (C=O) groups is 2. The molecule has 0 unspecified atom stereocenters. The molecule has 148 valence electrons. The SMILES string of the molecule is O=C(NCc1ccc(-n2cncn2)nc1)c1cccc(NC(=O)[C@@H]2CCCO2)c1. The van der Waals surface area contributed by atoms with E-state index in [0.717, 1.165) is 18.4 Å². The lowest BCUT2D eigenvalue weighted by atomic mass is 10.1. The Morgan fingerprint density at radius 1 is 1.24 bits per heavy atom. The summed E-state index contributed by atoms with van der Waals surface area (Å²) in [6.07, 6.45) is 5.86. The van der Waals surface area contributed by atoms with Gasteiger partial charge in [0, 0.05) is 30.6 Å². The lowest BCUT2D eigenvalue weighted by molar-refractivity contribution is -0.124. The summed E-state index contributed by atoms with van der Waals surface area (Å²) < 4.78 is 6.93. The lowest BCUT2D eigenvalue weighted by Gasteiger charge is -2.11. The number of benzene rings is 1. The topological polar surface area (TPSA) is 111 Å². The first-order chi connectivity index (χ1) is 14.2. The van der Waals surface area contributed by atoms with Crippen LogP contribution in [0.1, 0.15) is 28.8 Å². The Morgan fingerprint density at radius 3 is 2.90 bits per heavy atom. The first-order valence-corrected chi connectivity index (χ1v) is 9.30. The highest BCUT2D eigenvalue weighted by molar-refractivity contribution is 5.98. The zero-order valence-corrected chi connectivity index (χ0v) is 15.6. The van der Waals surface area contributed by atoms with E-state index in [9.17, 15) is 9.59 Å². The third kappa shape index (κ3) is 4.64. The monoisotopic (exact) mass is 392 g/mol. The molecule has 1 saturated heterocycles. The highest BCUT2D eigenvalue weighted by atomic mass is 16.5. The molecule has 0 bridgehead atoms. The second-order valence-corrected chi connectivity index (χ2v) is 6.62. The van der Waals surface area contributed by atoms with Crippen molar-refractivity contribution in [1.29, 1.82) is 0 Å². The van der Waals surface area contributed by atoms with Crippen LogP contribution in [0, 0.1) is 0 Å². The number of pyridine rings is 1. The Kier molecular flexibility index (Phi) is 5.57. The van der Waals surface area contributed by atoms with Crippen molar-refractivity contribution >= 4 is 17.5 Å². The molecule has 0 aliphatic carbocycles. The molecule has 2 N–H and O–H groups in total. The molecule has 4 rings (SSSR count). The summed E-state index contributed by atoms with van der Waals surface area (Å²) in [6.45, 7) is 0.936. The molecule has 0 spiro atoms. The zero-order chi connectivity index (χ0) is 20.1. The van der Waals surface area contributed by atoms with Crippen molar-refractivity contribution in [3.05, 3.63) is 66.4 Å². The van der Waals surface area contributed by atoms with E-state index < -0.39 is 6.10 Å². The maximum absolute atomic E-state index is 12.5. The van der Waals surface area contributed by atoms with E-state index in [4.69, 9.17) is 4.74 Å². The fourth-order valence-electron chi connectivity index (χ4n) is 3.01. The Hall–Kier alpha value is -3.59. The Labute approximate surface area is 167 Å². The van der Waals surface area contributed by atoms with Crippen molar-refractivity contribution in [2.24, 2.45) is 0 Å². The van der Waals surface area contributed by atoms with Crippen LogP contribution < -0.4 is 10.6 Å². The van der Waals surface area contributed by atoms with Crippen LogP contribution >= 0.6 is 0 Å². The van der Waals surface area contributed by atoms with Gasteiger partial charge in [-0.1, -0.05) is 12.1 Å². The molecule has 0 radical (unpaired) electrons. The highest BCUT2D eigenvalue weighted by Crippen LogP contribution is 2.16. The number of hydrogen-bond acceptors (Lipinski definition) is 6. The molecule has 1 fully saturated rings. The van der Waals surface area contributed by atoms with Gasteiger partial charge in [0.15, 0.2) is 5.82 Å². The molecule has 3 heterocycles. The number of nitrogens with one attached hydrogen (secondary N) is 2. The van der Waals surface area contributed by atoms with Crippen molar-refractivity contribution in [2.75, 3.05) is 11.9 Å². The Balaban J connectivity index is 1.34. The first kappa shape index (κ1) is 18.8. The van der Waals surface area contributed by atoms with Crippen LogP contribution in [0.15, 0.2) is 55.2 Å². The van der Waals surface area contributed by atoms with E-state index in [2.05, 4.69) is 25.7 Å². The molecule has 29 heavy (non-hydrogen) atoms. The van der Waals surface area contributed by atoms with Gasteiger partial charge in [-0.2, -0.15) is 5.10 Å². The van der Waals surface area contributed by atoms with Crippen LogP contribution in [0.4, 0.5) is 5.69 Å². The minimum Gasteiger partial charge on any atom is -0.368 e. The number of amides is 2. The highest BCUT2D eigenvalue weighted by Gasteiger charge is 2.23. The van der Waals surface area contributed by atoms with Crippen LogP contribution in [0.5, 0.6) is 0 Å². The quantitative estimate of drug-likeness (QED) is 0.661. The van der Waals surface area contributed by atoms with Gasteiger partial charge in [0.05, 0.1) is 0 Å². The normalized spacial score (nSPS) is 15.8. The molecule has 1 aliphatic heterocycles. The van der Waals surface area contributed by atoms with Crippen LogP contribution in [0.3, 0.4) is 0 Å². The predicted octanol–water partition coefficient (Wildman–Crippen LogP) is 1.71. The third-order valence-corrected chi connectivity index (χ3v) is 4.53. The average molecular weight is 392 g/mol. The van der Waals surface area contributed by atoms with Crippen molar-refractivity contribution in [3.8, 4) is 5.82 Å². The van der Waals surface area contributed by atoms with Gasteiger partial charge in [0.25, 0.3) is 11.8 Å². The second kappa shape index (κ2) is 8.61. The molecule has 1 aromatic carbocycles. The Bertz CT molecular complexity index is 982. The van der Waals surface area contributed by atoms with Gasteiger partial charge in [-0.05, 0) is 42.7 Å². The van der Waals surface area contributed by atoms with E-state index in [1.807, 2.05) is 6.07 Å². The molecule has 1 atom stereocenters. The van der Waals surface area contributed by atoms with E-state index in [1.54, 1.807) is 47.5 Å². The summed E-state index contributed by atoms with van der Waals surface area (Å²) in [7, 11) is 0. The van der Waals surface area contributed by atoms with Gasteiger partial charge in [0.1, 0.15) is 18.8 Å². The number of rotatable bonds is 6. The average Bonchev–Trinajstić information content (AvgIpc) is 3.47. The predicted molar refractivity (Wildman–Crippen MR) is 104 cm³/mol. The largest absolute Gasteiger partial charge is 0.368 e. The lowest BCUT2D eigenvalue weighted by Crippen LogP contribution is -2.27. The van der Waals surface area contributed by atoms with Crippen molar-refractivity contribution in [2.45, 2.75) is 25.5 Å². The second-order valence-electron chi connectivity index (χ2n) is 6.62. The van der Waals surface area contributed by atoms with E-state index in [0.29, 0.717) is 30.2 Å². The van der Waals surface area contributed by atoms with Crippen molar-refractivity contribution in [1.82, 2.24) is 25.1 Å². The number of ether oxygens (including phenoxy) is 1. The minimum atomic E-state index is -0.416. The minimum absolute atomic E-state index is 0.182. The summed E-state index contributed by atoms with van der Waals surface area (Å²) in [5.41, 5.74) is 1.88. The molecule has 9 nitrogen and oxygen atoms in total. The zero-order valence-electron chi connectivity index (χ0n) is 15.6. The van der Waals surface area contributed by atoms with Gasteiger partial charge in [-0.15, -0.1) is 0 Å². The Morgan fingerprint density at radius 2 is 2.17 bits per heavy atom. The standard InChI is InChI=1S/C20H20N6O3/c27-19(23-11-14-6-7-18(22-10-14)26-13-21-12-24-26)15-3-1-4-16(9-15)25-20(28)17-5-2-8-29-17/h1,3-4,6-7,9-10,12-13,17H,2,5,8,11H2,(H,23,27)(H,25,28)/t17-/m0/s1. The van der Waals surface area contributed by atoms with E-state index in [-0.39, 0.29) is 11.8 Å². The summed E-state index contributed by atoms with van der Waals surface area (Å²) in [5.74, 6) is 0.226. The number of aromatic nitrogens is 4. The number of hydrogen-bond donors (Lipinski definition) is 2. The molecular weight excluding hydrogens is 372 g/mol. The van der Waals surface area contributed by atoms with Gasteiger partial charge >= 0.3 is 0 Å². The van der Waals surface area contributed by atoms with Gasteiger partial charge in [-0.25, -0.2) is 14.6 Å². The van der Waals surface area contributed by atoms with E-state index in [1.165, 1.54) is 6.33 Å². The molecule has 3 aromatic rings. The molecule has 2 amide bonds. The van der Waals surface area contributed by atoms with Crippen LogP contribution in [0.25, 0.3) is 5.82 Å². The van der Waals surface area contributed by atoms with Crippen LogP contribution in [-0.2, 0) is 16.1 Å². The fourth-order valence-corrected chi connectivity index (χ4v) is 3.01. The summed E-state index contributed by atoms with van der Waals surface area (Å²) >= 11 is 0. The maximum Gasteiger partial charge on any atom is 0.253 e. The van der Waals surface area contributed by atoms with Crippen LogP contribution in [-0.4, -0.2) is 44.3 Å². The molecular formula is C20H20N6O3. The van der Waals surface area contributed by atoms with Crippen LogP contribution in [0.2, 0.25) is 0 Å². The summed E-state index contributed by atoms with van der Waals surface area (Å²) in [6, 6.07) is 10.5. The summed E-state index contributed by atoms with van der Waals surface area (Å²) in [5, 5.41) is 9.68. The smallest absolute Gasteiger partial charge is 0.253 e. The fraction of sp³-hybridized carbons (Fsp3) is 0.250. The van der Waals surface area contributed by atoms with E-state index >= 15 is 0 Å². The summed E-state index contributed by atoms with van der Waals surface area (Å²) in [4.78, 5) is 32.8. The number of nitrogens with zero attached hydrogens (tertiary/aromatic N) is 4. The molecule has 9 heteroatoms. The van der Waals surface area contributed by atoms with Gasteiger partial charge in [0.2, 0.25) is 0 Å². The van der Waals surface area contributed by atoms with Crippen molar-refractivity contribution < 1.29 is 14.3 Å². The number of anilines is 1. The first-order valence-electron chi connectivity index (χ1n) is 9.30.